The first kappa shape index (κ1) is 12.1. The molecule has 0 aromatic carbocycles. The van der Waals surface area contributed by atoms with Crippen molar-refractivity contribution in [3.05, 3.63) is 0 Å². The Bertz CT molecular complexity index is 318. The van der Waals surface area contributed by atoms with Gasteiger partial charge in [-0.05, 0) is 0 Å². The molecule has 1 aliphatic rings. The number of hydrogen-bond acceptors (Lipinski definition) is 4. The maximum atomic E-state index is 11.5. The van der Waals surface area contributed by atoms with Gasteiger partial charge in [0.25, 0.3) is 0 Å². The molecule has 5 heteroatoms. The Morgan fingerprint density at radius 2 is 1.80 bits per heavy atom. The van der Waals surface area contributed by atoms with Crippen LogP contribution in [0.4, 0.5) is 0 Å². The standard InChI is InChI=1S/C10H18N2O2Si/c1-12(15(2,3)4)11-9-6-5-8(13)7-10(9)14/h5-7H2,1-4H3/b11-9-. The van der Waals surface area contributed by atoms with E-state index in [0.717, 1.165) is 0 Å². The Balaban J connectivity index is 2.76. The number of hydrogen-bond donors (Lipinski definition) is 0. The number of Topliss-reactive ketones (excluding diaryl/α,β-unsaturated/α-hetero) is 2. The van der Waals surface area contributed by atoms with Crippen molar-refractivity contribution in [3.8, 4) is 0 Å². The highest BCUT2D eigenvalue weighted by atomic mass is 28.3. The maximum Gasteiger partial charge on any atom is 0.186 e. The van der Waals surface area contributed by atoms with Gasteiger partial charge in [-0.2, -0.15) is 5.10 Å². The van der Waals surface area contributed by atoms with Crippen LogP contribution in [-0.4, -0.2) is 37.2 Å². The third-order valence-corrected chi connectivity index (χ3v) is 4.60. The molecule has 0 atom stereocenters. The lowest BCUT2D eigenvalue weighted by Crippen LogP contribution is -2.41. The summed E-state index contributed by atoms with van der Waals surface area (Å²) < 4.78 is 1.91. The van der Waals surface area contributed by atoms with Crippen LogP contribution in [0.5, 0.6) is 0 Å². The first-order valence-electron chi connectivity index (χ1n) is 5.17. The summed E-state index contributed by atoms with van der Waals surface area (Å²) in [6.45, 7) is 6.49. The number of nitrogens with zero attached hydrogens (tertiary/aromatic N) is 2. The molecule has 1 rings (SSSR count). The summed E-state index contributed by atoms with van der Waals surface area (Å²) in [5, 5.41) is 4.33. The van der Waals surface area contributed by atoms with E-state index in [2.05, 4.69) is 24.7 Å². The monoisotopic (exact) mass is 226 g/mol. The van der Waals surface area contributed by atoms with Crippen LogP contribution in [-0.2, 0) is 9.59 Å². The van der Waals surface area contributed by atoms with Gasteiger partial charge in [-0.25, -0.2) is 0 Å². The van der Waals surface area contributed by atoms with Crippen molar-refractivity contribution in [3.63, 3.8) is 0 Å². The first-order valence-corrected chi connectivity index (χ1v) is 8.61. The van der Waals surface area contributed by atoms with Crippen molar-refractivity contribution >= 4 is 25.5 Å². The lowest BCUT2D eigenvalue weighted by molar-refractivity contribution is -0.125. The summed E-state index contributed by atoms with van der Waals surface area (Å²) in [4.78, 5) is 22.5. The Labute approximate surface area is 91.4 Å². The summed E-state index contributed by atoms with van der Waals surface area (Å²) in [5.41, 5.74) is 0.569. The van der Waals surface area contributed by atoms with E-state index >= 15 is 0 Å². The van der Waals surface area contributed by atoms with Crippen molar-refractivity contribution in [2.24, 2.45) is 5.10 Å². The van der Waals surface area contributed by atoms with Gasteiger partial charge in [-0.15, -0.1) is 0 Å². The van der Waals surface area contributed by atoms with Crippen molar-refractivity contribution in [1.82, 2.24) is 4.67 Å². The van der Waals surface area contributed by atoms with Gasteiger partial charge >= 0.3 is 0 Å². The quantitative estimate of drug-likeness (QED) is 0.406. The smallest absolute Gasteiger partial charge is 0.186 e. The molecule has 0 aromatic rings. The molecule has 0 unspecified atom stereocenters. The SMILES string of the molecule is CN(/N=C1/CCC(=O)CC1=O)[Si](C)(C)C. The van der Waals surface area contributed by atoms with Gasteiger partial charge in [-0.1, -0.05) is 19.6 Å². The molecule has 1 fully saturated rings. The number of ketones is 2. The highest BCUT2D eigenvalue weighted by Gasteiger charge is 2.25. The Morgan fingerprint density at radius 3 is 2.27 bits per heavy atom. The van der Waals surface area contributed by atoms with Crippen molar-refractivity contribution in [2.45, 2.75) is 38.9 Å². The van der Waals surface area contributed by atoms with Crippen LogP contribution in [0.3, 0.4) is 0 Å². The molecule has 0 aliphatic heterocycles. The molecule has 0 N–H and O–H groups in total. The minimum atomic E-state index is -1.48. The van der Waals surface area contributed by atoms with E-state index in [0.29, 0.717) is 18.6 Å². The highest BCUT2D eigenvalue weighted by molar-refractivity contribution is 6.73. The van der Waals surface area contributed by atoms with Crippen LogP contribution in [0.15, 0.2) is 5.10 Å². The van der Waals surface area contributed by atoms with Gasteiger partial charge in [0.05, 0.1) is 6.42 Å². The zero-order chi connectivity index (χ0) is 11.6. The molecule has 1 saturated carbocycles. The molecular formula is C10H18N2O2Si. The van der Waals surface area contributed by atoms with E-state index in [4.69, 9.17) is 0 Å². The van der Waals surface area contributed by atoms with Gasteiger partial charge in [-0.3, -0.25) is 9.59 Å². The zero-order valence-corrected chi connectivity index (χ0v) is 10.8. The third kappa shape index (κ3) is 3.26. The molecule has 0 amide bonds. The van der Waals surface area contributed by atoms with Gasteiger partial charge in [0.15, 0.2) is 14.0 Å². The van der Waals surface area contributed by atoms with E-state index in [1.807, 2.05) is 11.7 Å². The van der Waals surface area contributed by atoms with Crippen molar-refractivity contribution in [1.29, 1.82) is 0 Å². The maximum absolute atomic E-state index is 11.5. The minimum Gasteiger partial charge on any atom is -0.327 e. The fourth-order valence-electron chi connectivity index (χ4n) is 1.20. The summed E-state index contributed by atoms with van der Waals surface area (Å²) in [6, 6.07) is 0. The van der Waals surface area contributed by atoms with Crippen LogP contribution in [0.25, 0.3) is 0 Å². The molecule has 0 radical (unpaired) electrons. The van der Waals surface area contributed by atoms with Crippen LogP contribution in [0.1, 0.15) is 19.3 Å². The van der Waals surface area contributed by atoms with Crippen molar-refractivity contribution in [2.75, 3.05) is 7.05 Å². The molecule has 0 saturated heterocycles. The second-order valence-electron chi connectivity index (χ2n) is 4.88. The van der Waals surface area contributed by atoms with Gasteiger partial charge < -0.3 is 4.67 Å². The first-order chi connectivity index (χ1) is 6.80. The fourth-order valence-corrected chi connectivity index (χ4v) is 1.62. The average molecular weight is 226 g/mol. The van der Waals surface area contributed by atoms with Gasteiger partial charge in [0.1, 0.15) is 11.5 Å². The van der Waals surface area contributed by atoms with Crippen LogP contribution < -0.4 is 0 Å². The van der Waals surface area contributed by atoms with Crippen LogP contribution >= 0.6 is 0 Å². The second-order valence-corrected chi connectivity index (χ2v) is 9.87. The Kier molecular flexibility index (Phi) is 3.44. The largest absolute Gasteiger partial charge is 0.327 e. The average Bonchev–Trinajstić information content (AvgIpc) is 2.08. The molecule has 15 heavy (non-hydrogen) atoms. The Hall–Kier alpha value is -0.973. The molecule has 4 nitrogen and oxygen atoms in total. The third-order valence-electron chi connectivity index (χ3n) is 2.56. The number of carbonyl (C=O) groups is 2. The van der Waals surface area contributed by atoms with Crippen molar-refractivity contribution < 1.29 is 9.59 Å². The molecule has 0 bridgehead atoms. The second kappa shape index (κ2) is 4.26. The van der Waals surface area contributed by atoms with Crippen LogP contribution in [0.2, 0.25) is 19.6 Å². The predicted octanol–water partition coefficient (Wildman–Crippen LogP) is 1.43. The van der Waals surface area contributed by atoms with Gasteiger partial charge in [0.2, 0.25) is 0 Å². The van der Waals surface area contributed by atoms with Crippen LogP contribution in [0, 0.1) is 0 Å². The summed E-state index contributed by atoms with van der Waals surface area (Å²) in [6.07, 6.45) is 1.01. The normalized spacial score (nSPS) is 20.9. The van der Waals surface area contributed by atoms with E-state index in [-0.39, 0.29) is 18.0 Å². The topological polar surface area (TPSA) is 49.7 Å². The lowest BCUT2D eigenvalue weighted by Gasteiger charge is -2.28. The van der Waals surface area contributed by atoms with Gasteiger partial charge in [0, 0.05) is 19.9 Å². The summed E-state index contributed by atoms with van der Waals surface area (Å²) in [5.74, 6) is -0.0639. The summed E-state index contributed by atoms with van der Waals surface area (Å²) in [7, 11) is 0.423. The number of rotatable bonds is 2. The van der Waals surface area contributed by atoms with E-state index in [1.165, 1.54) is 0 Å². The highest BCUT2D eigenvalue weighted by Crippen LogP contribution is 2.13. The molecular weight excluding hydrogens is 208 g/mol. The molecule has 1 aliphatic carbocycles. The lowest BCUT2D eigenvalue weighted by atomic mass is 9.96. The predicted molar refractivity (Wildman–Crippen MR) is 62.4 cm³/mol. The molecule has 0 aromatic heterocycles. The number of hydrazone groups is 1. The molecule has 84 valence electrons. The molecule has 0 spiro atoms. The zero-order valence-electron chi connectivity index (χ0n) is 9.83. The molecule has 0 heterocycles. The van der Waals surface area contributed by atoms with E-state index in [9.17, 15) is 9.59 Å². The summed E-state index contributed by atoms with van der Waals surface area (Å²) >= 11 is 0. The van der Waals surface area contributed by atoms with E-state index < -0.39 is 8.24 Å². The Morgan fingerprint density at radius 1 is 1.20 bits per heavy atom. The minimum absolute atomic E-state index is 0.0367. The fraction of sp³-hybridized carbons (Fsp3) is 0.700. The van der Waals surface area contributed by atoms with E-state index in [1.54, 1.807) is 0 Å². The number of carbonyl (C=O) groups excluding carboxylic acids is 2.